The van der Waals surface area contributed by atoms with Crippen molar-refractivity contribution in [1.29, 1.82) is 15.8 Å². The van der Waals surface area contributed by atoms with E-state index in [9.17, 15) is 59.7 Å². The van der Waals surface area contributed by atoms with Crippen LogP contribution >= 0.6 is 0 Å². The Balaban J connectivity index is 1.51. The lowest BCUT2D eigenvalue weighted by Gasteiger charge is -2.11. The van der Waals surface area contributed by atoms with E-state index >= 15 is 0 Å². The van der Waals surface area contributed by atoms with E-state index in [4.69, 9.17) is 0 Å². The summed E-state index contributed by atoms with van der Waals surface area (Å²) in [6.45, 7) is 0. The highest BCUT2D eigenvalue weighted by atomic mass is 19.2. The molecule has 0 spiro atoms. The minimum atomic E-state index is -2.36. The molecule has 14 heteroatoms. The Morgan fingerprint density at radius 1 is 0.453 bits per heavy atom. The van der Waals surface area contributed by atoms with Gasteiger partial charge in [-0.15, -0.1) is 0 Å². The van der Waals surface area contributed by atoms with E-state index in [2.05, 4.69) is 4.99 Å². The molecule has 0 bridgehead atoms. The van der Waals surface area contributed by atoms with Gasteiger partial charge in [-0.1, -0.05) is 24.3 Å². The van der Waals surface area contributed by atoms with Gasteiger partial charge in [0.1, 0.15) is 23.8 Å². The summed E-state index contributed by atoms with van der Waals surface area (Å²) in [6, 6.07) is 15.4. The van der Waals surface area contributed by atoms with Gasteiger partial charge in [0.25, 0.3) is 0 Å². The Hall–Kier alpha value is -6.98. The molecular weight excluding hydrogens is 714 g/mol. The molecule has 0 N–H and O–H groups in total. The standard InChI is InChI=1S/C39H12F10N4/c1-53-13-17(12-52)27-23-7-15(29-32(42)36(46)39(49)37(47)33(29)43)3-5-19(23)21-8-24-20(9-25(21)27)18-4-2-14(6-22(18)26(24)16(10-50)11-51)28-30(40)34(44)38(48)35(45)31(28)41/h2-9,13H,1H3/b27-17+,53-13-. The largest absolute Gasteiger partial charge is 0.295 e. The Bertz CT molecular complexity index is 2700. The molecule has 5 aromatic rings. The maximum Gasteiger partial charge on any atom is 0.200 e. The molecule has 0 saturated heterocycles. The molecule has 53 heavy (non-hydrogen) atoms. The molecule has 5 aromatic carbocycles. The van der Waals surface area contributed by atoms with Gasteiger partial charge in [-0.3, -0.25) is 4.99 Å². The molecular formula is C39H12F10N4. The molecule has 0 atom stereocenters. The minimum absolute atomic E-state index is 0.0197. The second kappa shape index (κ2) is 12.4. The van der Waals surface area contributed by atoms with Crippen molar-refractivity contribution < 1.29 is 43.9 Å². The summed E-state index contributed by atoms with van der Waals surface area (Å²) in [4.78, 5) is 3.89. The lowest BCUT2D eigenvalue weighted by atomic mass is 9.93. The number of hydrogen-bond donors (Lipinski definition) is 0. The minimum Gasteiger partial charge on any atom is -0.295 e. The van der Waals surface area contributed by atoms with Gasteiger partial charge in [0.15, 0.2) is 46.5 Å². The Morgan fingerprint density at radius 2 is 0.811 bits per heavy atom. The second-order valence-electron chi connectivity index (χ2n) is 11.6. The Labute approximate surface area is 291 Å². The summed E-state index contributed by atoms with van der Waals surface area (Å²) >= 11 is 0. The number of aliphatic imine (C=N–C) groups is 1. The highest BCUT2D eigenvalue weighted by molar-refractivity contribution is 6.14. The zero-order valence-electron chi connectivity index (χ0n) is 26.3. The highest BCUT2D eigenvalue weighted by Crippen LogP contribution is 2.54. The number of benzene rings is 5. The third kappa shape index (κ3) is 4.78. The number of nitrogens with zero attached hydrogens (tertiary/aromatic N) is 4. The SMILES string of the molecule is C/N=C\C(C#N)=C1/c2cc(-c3c(F)c(F)c(F)c(F)c3F)ccc2-c2cc3c(cc21)-c1ccc(-c2c(F)c(F)c(F)c(F)c2F)cc1C3=C(C#N)C#N. The van der Waals surface area contributed by atoms with Crippen LogP contribution in [0.4, 0.5) is 43.9 Å². The van der Waals surface area contributed by atoms with Crippen LogP contribution in [-0.2, 0) is 0 Å². The Kier molecular flexibility index (Phi) is 8.04. The van der Waals surface area contributed by atoms with Gasteiger partial charge >= 0.3 is 0 Å². The molecule has 0 aromatic heterocycles. The fourth-order valence-electron chi connectivity index (χ4n) is 6.72. The van der Waals surface area contributed by atoms with E-state index in [1.807, 2.05) is 6.07 Å². The fraction of sp³-hybridized carbons (Fsp3) is 0.0256. The number of nitriles is 3. The van der Waals surface area contributed by atoms with Gasteiger partial charge < -0.3 is 0 Å². The van der Waals surface area contributed by atoms with Gasteiger partial charge in [-0.25, -0.2) is 43.9 Å². The van der Waals surface area contributed by atoms with Crippen molar-refractivity contribution in [2.75, 3.05) is 7.05 Å². The van der Waals surface area contributed by atoms with Gasteiger partial charge in [0, 0.05) is 24.4 Å². The predicted molar refractivity (Wildman–Crippen MR) is 171 cm³/mol. The van der Waals surface area contributed by atoms with Crippen LogP contribution in [0.1, 0.15) is 22.3 Å². The maximum absolute atomic E-state index is 14.9. The molecule has 0 amide bonds. The quantitative estimate of drug-likeness (QED) is 0.0598. The van der Waals surface area contributed by atoms with E-state index in [1.165, 1.54) is 37.5 Å². The van der Waals surface area contributed by atoms with E-state index in [-0.39, 0.29) is 55.7 Å². The highest BCUT2D eigenvalue weighted by Gasteiger charge is 2.36. The first kappa shape index (κ1) is 34.5. The topological polar surface area (TPSA) is 83.7 Å². The van der Waals surface area contributed by atoms with Crippen molar-refractivity contribution in [3.05, 3.63) is 140 Å². The van der Waals surface area contributed by atoms with Crippen LogP contribution in [-0.4, -0.2) is 13.3 Å². The number of halogens is 10. The molecule has 0 heterocycles. The third-order valence-electron chi connectivity index (χ3n) is 8.97. The molecule has 2 aliphatic carbocycles. The third-order valence-corrected chi connectivity index (χ3v) is 8.97. The summed E-state index contributed by atoms with van der Waals surface area (Å²) in [7, 11) is 1.35. The summed E-state index contributed by atoms with van der Waals surface area (Å²) in [6.07, 6.45) is 1.17. The average molecular weight is 727 g/mol. The van der Waals surface area contributed by atoms with Gasteiger partial charge in [-0.05, 0) is 79.9 Å². The van der Waals surface area contributed by atoms with Crippen LogP contribution in [0.15, 0.2) is 64.7 Å². The molecule has 0 fully saturated rings. The smallest absolute Gasteiger partial charge is 0.200 e. The van der Waals surface area contributed by atoms with Crippen molar-refractivity contribution in [2.45, 2.75) is 0 Å². The number of allylic oxidation sites excluding steroid dienone is 2. The molecule has 0 saturated carbocycles. The van der Waals surface area contributed by atoms with Crippen molar-refractivity contribution >= 4 is 17.4 Å². The van der Waals surface area contributed by atoms with Crippen molar-refractivity contribution in [1.82, 2.24) is 0 Å². The average Bonchev–Trinajstić information content (AvgIpc) is 3.64. The molecule has 0 unspecified atom stereocenters. The predicted octanol–water partition coefficient (Wildman–Crippen LogP) is 10.2. The van der Waals surface area contributed by atoms with Crippen LogP contribution < -0.4 is 0 Å². The number of hydrogen-bond acceptors (Lipinski definition) is 4. The summed E-state index contributed by atoms with van der Waals surface area (Å²) in [5, 5.41) is 30.0. The number of fused-ring (bicyclic) bond motifs is 6. The van der Waals surface area contributed by atoms with E-state index in [0.29, 0.717) is 5.56 Å². The van der Waals surface area contributed by atoms with Crippen molar-refractivity contribution in [3.8, 4) is 62.7 Å². The first-order valence-electron chi connectivity index (χ1n) is 14.9. The van der Waals surface area contributed by atoms with Crippen LogP contribution in [0.3, 0.4) is 0 Å². The monoisotopic (exact) mass is 726 g/mol. The molecule has 4 nitrogen and oxygen atoms in total. The molecule has 2 aliphatic rings. The summed E-state index contributed by atoms with van der Waals surface area (Å²) in [5.41, 5.74) is -2.14. The molecule has 7 rings (SSSR count). The maximum atomic E-state index is 14.9. The fourth-order valence-corrected chi connectivity index (χ4v) is 6.72. The van der Waals surface area contributed by atoms with Crippen LogP contribution in [0.2, 0.25) is 0 Å². The summed E-state index contributed by atoms with van der Waals surface area (Å²) in [5.74, 6) is -21.8. The zero-order valence-corrected chi connectivity index (χ0v) is 26.3. The van der Waals surface area contributed by atoms with Gasteiger partial charge in [0.2, 0.25) is 11.6 Å². The first-order valence-corrected chi connectivity index (χ1v) is 14.9. The van der Waals surface area contributed by atoms with Crippen molar-refractivity contribution in [3.63, 3.8) is 0 Å². The Morgan fingerprint density at radius 3 is 1.19 bits per heavy atom. The second-order valence-corrected chi connectivity index (χ2v) is 11.6. The zero-order chi connectivity index (χ0) is 38.2. The van der Waals surface area contributed by atoms with E-state index < -0.39 is 86.0 Å². The van der Waals surface area contributed by atoms with Crippen LogP contribution in [0.5, 0.6) is 0 Å². The van der Waals surface area contributed by atoms with E-state index in [0.717, 1.165) is 24.3 Å². The molecule has 258 valence electrons. The van der Waals surface area contributed by atoms with Crippen molar-refractivity contribution in [2.24, 2.45) is 4.99 Å². The van der Waals surface area contributed by atoms with Gasteiger partial charge in [-0.2, -0.15) is 15.8 Å². The lowest BCUT2D eigenvalue weighted by Crippen LogP contribution is -2.04. The van der Waals surface area contributed by atoms with Gasteiger partial charge in [0.05, 0.1) is 16.7 Å². The summed E-state index contributed by atoms with van der Waals surface area (Å²) < 4.78 is 144. The molecule has 0 radical (unpaired) electrons. The molecule has 0 aliphatic heterocycles. The van der Waals surface area contributed by atoms with Crippen LogP contribution in [0.25, 0.3) is 55.7 Å². The van der Waals surface area contributed by atoms with Crippen LogP contribution in [0, 0.1) is 92.2 Å². The lowest BCUT2D eigenvalue weighted by molar-refractivity contribution is 0.381. The normalized spacial score (nSPS) is 13.2. The van der Waals surface area contributed by atoms with E-state index in [1.54, 1.807) is 12.1 Å². The first-order chi connectivity index (χ1) is 25.3. The number of rotatable bonds is 3.